The third-order valence-electron chi connectivity index (χ3n) is 1.95. The molecule has 2 rings (SSSR count). The van der Waals surface area contributed by atoms with Crippen LogP contribution in [0.4, 0.5) is 0 Å². The second-order valence-electron chi connectivity index (χ2n) is 2.81. The van der Waals surface area contributed by atoms with Crippen LogP contribution in [-0.4, -0.2) is 15.0 Å². The van der Waals surface area contributed by atoms with E-state index in [1.54, 1.807) is 6.07 Å². The molecule has 0 atom stereocenters. The molecule has 0 unspecified atom stereocenters. The van der Waals surface area contributed by atoms with Crippen LogP contribution in [0.25, 0.3) is 0 Å². The molecule has 3 nitrogen and oxygen atoms in total. The lowest BCUT2D eigenvalue weighted by atomic mass is 10.2. The van der Waals surface area contributed by atoms with Crippen molar-refractivity contribution in [2.45, 2.75) is 11.3 Å². The Morgan fingerprint density at radius 3 is 2.85 bits per heavy atom. The Labute approximate surface area is 80.7 Å². The molecule has 0 amide bonds. The van der Waals surface area contributed by atoms with Crippen LogP contribution in [0.2, 0.25) is 0 Å². The van der Waals surface area contributed by atoms with E-state index >= 15 is 0 Å². The minimum atomic E-state index is -3.63. The van der Waals surface area contributed by atoms with Gasteiger partial charge in [-0.05, 0) is 11.6 Å². The smallest absolute Gasteiger partial charge is 0.261 e. The third kappa shape index (κ3) is 1.64. The van der Waals surface area contributed by atoms with Crippen LogP contribution in [0.1, 0.15) is 5.56 Å². The number of rotatable bonds is 1. The number of hydrogen-bond donors (Lipinski definition) is 0. The molecule has 0 fully saturated rings. The molecule has 1 aromatic rings. The molecule has 0 radical (unpaired) electrons. The summed E-state index contributed by atoms with van der Waals surface area (Å²) >= 11 is 0. The van der Waals surface area contributed by atoms with Gasteiger partial charge in [0.15, 0.2) is 0 Å². The summed E-state index contributed by atoms with van der Waals surface area (Å²) < 4.78 is 27.1. The lowest BCUT2D eigenvalue weighted by Gasteiger charge is -2.00. The molecule has 1 heterocycles. The van der Waals surface area contributed by atoms with E-state index in [0.717, 1.165) is 12.0 Å². The summed E-state index contributed by atoms with van der Waals surface area (Å²) in [6.07, 6.45) is 0.831. The molecule has 5 heteroatoms. The molecule has 0 N–H and O–H groups in total. The van der Waals surface area contributed by atoms with Gasteiger partial charge in [0.2, 0.25) is 0 Å². The average molecular weight is 219 g/mol. The second-order valence-corrected chi connectivity index (χ2v) is 5.37. The fourth-order valence-electron chi connectivity index (χ4n) is 1.30. The molecule has 1 aliphatic heterocycles. The minimum absolute atomic E-state index is 0.0924. The first-order valence-corrected chi connectivity index (χ1v) is 6.09. The zero-order chi connectivity index (χ0) is 9.47. The topological polar surface area (TPSA) is 43.4 Å². The molecule has 0 saturated carbocycles. The highest BCUT2D eigenvalue weighted by Gasteiger charge is 2.16. The first kappa shape index (κ1) is 8.84. The molecule has 0 aliphatic carbocycles. The highest BCUT2D eigenvalue weighted by Crippen LogP contribution is 2.29. The molecule has 0 bridgehead atoms. The summed E-state index contributed by atoms with van der Waals surface area (Å²) in [6, 6.07) is 4.69. The van der Waals surface area contributed by atoms with E-state index in [-0.39, 0.29) is 4.90 Å². The van der Waals surface area contributed by atoms with Crippen LogP contribution >= 0.6 is 10.7 Å². The Morgan fingerprint density at radius 1 is 1.38 bits per heavy atom. The number of ether oxygens (including phenoxy) is 1. The molecule has 0 spiro atoms. The van der Waals surface area contributed by atoms with E-state index in [1.807, 2.05) is 0 Å². The van der Waals surface area contributed by atoms with Crippen molar-refractivity contribution in [3.63, 3.8) is 0 Å². The summed E-state index contributed by atoms with van der Waals surface area (Å²) in [6.45, 7) is 0.612. The summed E-state index contributed by atoms with van der Waals surface area (Å²) in [5, 5.41) is 0. The van der Waals surface area contributed by atoms with Crippen LogP contribution in [0.3, 0.4) is 0 Å². The van der Waals surface area contributed by atoms with Gasteiger partial charge >= 0.3 is 0 Å². The molecule has 0 saturated heterocycles. The number of benzene rings is 1. The maximum absolute atomic E-state index is 10.9. The fourth-order valence-corrected chi connectivity index (χ4v) is 2.06. The zero-order valence-corrected chi connectivity index (χ0v) is 8.23. The maximum atomic E-state index is 10.9. The lowest BCUT2D eigenvalue weighted by molar-refractivity contribution is 0.356. The number of fused-ring (bicyclic) bond motifs is 1. The number of hydrogen-bond acceptors (Lipinski definition) is 3. The van der Waals surface area contributed by atoms with Crippen molar-refractivity contribution in [1.82, 2.24) is 0 Å². The van der Waals surface area contributed by atoms with Crippen molar-refractivity contribution in [1.29, 1.82) is 0 Å². The Hall–Kier alpha value is -0.740. The van der Waals surface area contributed by atoms with Crippen LogP contribution < -0.4 is 4.74 Å². The van der Waals surface area contributed by atoms with Gasteiger partial charge in [0.1, 0.15) is 5.75 Å². The van der Waals surface area contributed by atoms with Crippen LogP contribution in [0, 0.1) is 0 Å². The van der Waals surface area contributed by atoms with Gasteiger partial charge in [0.05, 0.1) is 11.5 Å². The Bertz CT molecular complexity index is 439. The lowest BCUT2D eigenvalue weighted by Crippen LogP contribution is -1.91. The quantitative estimate of drug-likeness (QED) is 0.672. The van der Waals surface area contributed by atoms with Gasteiger partial charge in [-0.15, -0.1) is 0 Å². The standard InChI is InChI=1S/C8H7ClO3S/c9-13(10,11)7-2-1-6-3-4-12-8(6)5-7/h1-2,5H,3-4H2. The van der Waals surface area contributed by atoms with E-state index in [9.17, 15) is 8.42 Å². The highest BCUT2D eigenvalue weighted by atomic mass is 35.7. The second kappa shape index (κ2) is 2.89. The van der Waals surface area contributed by atoms with Crippen molar-refractivity contribution in [3.05, 3.63) is 23.8 Å². The normalized spacial score (nSPS) is 15.2. The van der Waals surface area contributed by atoms with Crippen LogP contribution in [0.15, 0.2) is 23.1 Å². The van der Waals surface area contributed by atoms with E-state index in [0.29, 0.717) is 12.4 Å². The summed E-state index contributed by atoms with van der Waals surface area (Å²) in [7, 11) is 1.54. The first-order valence-electron chi connectivity index (χ1n) is 3.78. The zero-order valence-electron chi connectivity index (χ0n) is 6.66. The van der Waals surface area contributed by atoms with Gasteiger partial charge in [0.25, 0.3) is 9.05 Å². The van der Waals surface area contributed by atoms with E-state index in [1.165, 1.54) is 12.1 Å². The monoisotopic (exact) mass is 218 g/mol. The van der Waals surface area contributed by atoms with Crippen molar-refractivity contribution >= 4 is 19.7 Å². The number of halogens is 1. The molecule has 70 valence electrons. The summed E-state index contributed by atoms with van der Waals surface area (Å²) in [4.78, 5) is 0.0924. The predicted octanol–water partition coefficient (Wildman–Crippen LogP) is 1.55. The Balaban J connectivity index is 2.54. The SMILES string of the molecule is O=S(=O)(Cl)c1ccc2c(c1)OCC2. The molecule has 0 aromatic heterocycles. The molecule has 13 heavy (non-hydrogen) atoms. The summed E-state index contributed by atoms with van der Waals surface area (Å²) in [5.41, 5.74) is 1.03. The average Bonchev–Trinajstić information content (AvgIpc) is 2.47. The first-order chi connectivity index (χ1) is 6.07. The Kier molecular flexibility index (Phi) is 1.96. The maximum Gasteiger partial charge on any atom is 0.261 e. The van der Waals surface area contributed by atoms with Crippen molar-refractivity contribution in [2.24, 2.45) is 0 Å². The molecular weight excluding hydrogens is 212 g/mol. The van der Waals surface area contributed by atoms with Crippen molar-refractivity contribution < 1.29 is 13.2 Å². The van der Waals surface area contributed by atoms with Gasteiger partial charge in [0, 0.05) is 23.2 Å². The van der Waals surface area contributed by atoms with E-state index in [2.05, 4.69) is 0 Å². The highest BCUT2D eigenvalue weighted by molar-refractivity contribution is 8.13. The van der Waals surface area contributed by atoms with Gasteiger partial charge in [-0.1, -0.05) is 6.07 Å². The van der Waals surface area contributed by atoms with Crippen molar-refractivity contribution in [2.75, 3.05) is 6.61 Å². The third-order valence-corrected chi connectivity index (χ3v) is 3.30. The predicted molar refractivity (Wildman–Crippen MR) is 48.7 cm³/mol. The molecule has 1 aliphatic rings. The van der Waals surface area contributed by atoms with Gasteiger partial charge in [-0.25, -0.2) is 8.42 Å². The Morgan fingerprint density at radius 2 is 2.15 bits per heavy atom. The fraction of sp³-hybridized carbons (Fsp3) is 0.250. The van der Waals surface area contributed by atoms with E-state index < -0.39 is 9.05 Å². The van der Waals surface area contributed by atoms with Crippen LogP contribution in [0.5, 0.6) is 5.75 Å². The molecule has 1 aromatic carbocycles. The van der Waals surface area contributed by atoms with Gasteiger partial charge < -0.3 is 4.74 Å². The van der Waals surface area contributed by atoms with E-state index in [4.69, 9.17) is 15.4 Å². The van der Waals surface area contributed by atoms with Gasteiger partial charge in [-0.2, -0.15) is 0 Å². The minimum Gasteiger partial charge on any atom is -0.493 e. The largest absolute Gasteiger partial charge is 0.493 e. The summed E-state index contributed by atoms with van der Waals surface area (Å²) in [5.74, 6) is 0.627. The molecular formula is C8H7ClO3S. The van der Waals surface area contributed by atoms with Gasteiger partial charge in [-0.3, -0.25) is 0 Å². The van der Waals surface area contributed by atoms with Crippen molar-refractivity contribution in [3.8, 4) is 5.75 Å². The van der Waals surface area contributed by atoms with Crippen LogP contribution in [-0.2, 0) is 15.5 Å².